The highest BCUT2D eigenvalue weighted by Crippen LogP contribution is 2.52. The number of hydrogen-bond acceptors (Lipinski definition) is 8. The van der Waals surface area contributed by atoms with Gasteiger partial charge in [-0.1, -0.05) is 35.7 Å². The first-order valence-corrected chi connectivity index (χ1v) is 15.5. The van der Waals surface area contributed by atoms with Crippen molar-refractivity contribution in [2.45, 2.75) is 38.5 Å². The number of rotatable bonds is 7. The Morgan fingerprint density at radius 2 is 1.79 bits per heavy atom. The van der Waals surface area contributed by atoms with E-state index in [0.717, 1.165) is 56.2 Å². The molecule has 0 bridgehead atoms. The third-order valence-corrected chi connectivity index (χ3v) is 10.3. The number of fused-ring (bicyclic) bond motifs is 2. The summed E-state index contributed by atoms with van der Waals surface area (Å²) in [5.41, 5.74) is 4.04. The first kappa shape index (κ1) is 26.8. The quantitative estimate of drug-likeness (QED) is 0.328. The molecular formula is C30H37N5O2S2. The van der Waals surface area contributed by atoms with Crippen LogP contribution in [0.5, 0.6) is 0 Å². The summed E-state index contributed by atoms with van der Waals surface area (Å²) in [4.78, 5) is 27.8. The van der Waals surface area contributed by atoms with Crippen LogP contribution in [0.1, 0.15) is 12.8 Å². The number of H-pyrrole nitrogens is 1. The third-order valence-electron chi connectivity index (χ3n) is 7.67. The van der Waals surface area contributed by atoms with Gasteiger partial charge in [-0.3, -0.25) is 4.79 Å². The van der Waals surface area contributed by atoms with Crippen molar-refractivity contribution < 1.29 is 4.74 Å². The van der Waals surface area contributed by atoms with Crippen molar-refractivity contribution in [1.82, 2.24) is 14.8 Å². The van der Waals surface area contributed by atoms with Crippen LogP contribution < -0.4 is 15.8 Å². The van der Waals surface area contributed by atoms with Crippen LogP contribution in [0.4, 0.5) is 11.4 Å². The monoisotopic (exact) mass is 563 g/mol. The maximum Gasteiger partial charge on any atom is 0.250 e. The molecule has 0 spiro atoms. The van der Waals surface area contributed by atoms with Crippen molar-refractivity contribution in [3.05, 3.63) is 58.9 Å². The maximum atomic E-state index is 12.6. The number of likely N-dealkylation sites (N-methyl/N-ethyl adjacent to an activating group) is 1. The van der Waals surface area contributed by atoms with Gasteiger partial charge in [0.2, 0.25) is 5.56 Å². The van der Waals surface area contributed by atoms with Crippen molar-refractivity contribution in [3.63, 3.8) is 0 Å². The number of hydrogen-bond donors (Lipinski definition) is 2. The topological polar surface area (TPSA) is 63.8 Å². The summed E-state index contributed by atoms with van der Waals surface area (Å²) in [6.07, 6.45) is 2.36. The highest BCUT2D eigenvalue weighted by atomic mass is 32.2. The van der Waals surface area contributed by atoms with Crippen LogP contribution in [0.3, 0.4) is 0 Å². The number of aromatic nitrogens is 1. The van der Waals surface area contributed by atoms with Crippen molar-refractivity contribution in [2.24, 2.45) is 0 Å². The Hall–Kier alpha value is -2.43. The molecule has 2 fully saturated rings. The molecule has 7 nitrogen and oxygen atoms in total. The minimum atomic E-state index is -0.0697. The molecule has 2 saturated heterocycles. The Bertz CT molecular complexity index is 1360. The lowest BCUT2D eigenvalue weighted by atomic mass is 10.0. The van der Waals surface area contributed by atoms with E-state index in [0.29, 0.717) is 19.3 Å². The van der Waals surface area contributed by atoms with Crippen LogP contribution in [0.2, 0.25) is 0 Å². The van der Waals surface area contributed by atoms with Gasteiger partial charge in [0.15, 0.2) is 0 Å². The van der Waals surface area contributed by atoms with E-state index in [4.69, 9.17) is 4.74 Å². The van der Waals surface area contributed by atoms with E-state index in [9.17, 15) is 4.79 Å². The molecule has 2 aromatic carbocycles. The van der Waals surface area contributed by atoms with Crippen LogP contribution in [-0.2, 0) is 4.74 Å². The second-order valence-electron chi connectivity index (χ2n) is 10.8. The van der Waals surface area contributed by atoms with Gasteiger partial charge in [-0.2, -0.15) is 0 Å². The van der Waals surface area contributed by atoms with Gasteiger partial charge in [0.05, 0.1) is 18.9 Å². The van der Waals surface area contributed by atoms with Gasteiger partial charge in [0.1, 0.15) is 0 Å². The van der Waals surface area contributed by atoms with E-state index in [2.05, 4.69) is 81.6 Å². The van der Waals surface area contributed by atoms with Crippen LogP contribution in [0.15, 0.2) is 72.9 Å². The lowest BCUT2D eigenvalue weighted by Gasteiger charge is -2.33. The SMILES string of the molecule is CN(C)CCN1CCC(Nc2ccc3c(c2)Sc2cccc(-c4cc(N5CCOCC5)cc(=O)[nH]4)c2S3)CC1. The first-order valence-electron chi connectivity index (χ1n) is 13.9. The molecule has 9 heteroatoms. The van der Waals surface area contributed by atoms with E-state index >= 15 is 0 Å². The largest absolute Gasteiger partial charge is 0.382 e. The molecule has 3 aliphatic rings. The fourth-order valence-electron chi connectivity index (χ4n) is 5.46. The van der Waals surface area contributed by atoms with E-state index in [-0.39, 0.29) is 5.56 Å². The number of nitrogens with zero attached hydrogens (tertiary/aromatic N) is 3. The summed E-state index contributed by atoms with van der Waals surface area (Å²) in [6.45, 7) is 7.59. The summed E-state index contributed by atoms with van der Waals surface area (Å²) in [5, 5.41) is 3.81. The van der Waals surface area contributed by atoms with Crippen LogP contribution in [0, 0.1) is 0 Å². The van der Waals surface area contributed by atoms with Crippen molar-refractivity contribution in [2.75, 3.05) is 76.8 Å². The zero-order valence-electron chi connectivity index (χ0n) is 22.7. The van der Waals surface area contributed by atoms with E-state index in [1.807, 2.05) is 11.8 Å². The summed E-state index contributed by atoms with van der Waals surface area (Å²) < 4.78 is 5.50. The van der Waals surface area contributed by atoms with E-state index in [1.165, 1.54) is 38.1 Å². The molecule has 3 aliphatic heterocycles. The van der Waals surface area contributed by atoms with Crippen molar-refractivity contribution in [1.29, 1.82) is 0 Å². The van der Waals surface area contributed by atoms with E-state index in [1.54, 1.807) is 17.8 Å². The number of pyridine rings is 1. The lowest BCUT2D eigenvalue weighted by Crippen LogP contribution is -2.41. The fraction of sp³-hybridized carbons (Fsp3) is 0.433. The molecule has 3 aromatic rings. The molecule has 0 aliphatic carbocycles. The van der Waals surface area contributed by atoms with Gasteiger partial charge < -0.3 is 29.7 Å². The lowest BCUT2D eigenvalue weighted by molar-refractivity contribution is 0.122. The molecule has 0 amide bonds. The minimum absolute atomic E-state index is 0.0697. The molecule has 0 atom stereocenters. The fourth-order valence-corrected chi connectivity index (χ4v) is 7.87. The van der Waals surface area contributed by atoms with Crippen molar-refractivity contribution >= 4 is 34.9 Å². The smallest absolute Gasteiger partial charge is 0.250 e. The minimum Gasteiger partial charge on any atom is -0.382 e. The number of benzene rings is 2. The van der Waals surface area contributed by atoms with E-state index < -0.39 is 0 Å². The highest BCUT2D eigenvalue weighted by Gasteiger charge is 2.23. The Labute approximate surface area is 239 Å². The molecule has 0 unspecified atom stereocenters. The predicted molar refractivity (Wildman–Crippen MR) is 162 cm³/mol. The average Bonchev–Trinajstić information content (AvgIpc) is 2.95. The Kier molecular flexibility index (Phi) is 8.22. The third kappa shape index (κ3) is 6.33. The predicted octanol–water partition coefficient (Wildman–Crippen LogP) is 4.93. The number of likely N-dealkylation sites (tertiary alicyclic amines) is 1. The number of nitrogens with one attached hydrogen (secondary N) is 2. The van der Waals surface area contributed by atoms with Gasteiger partial charge in [0, 0.05) is 87.9 Å². The standard InChI is InChI=1S/C30H37N5O2S2/c1-33(2)12-13-34-10-8-21(9-11-34)31-22-6-7-26-28(18-22)38-27-5-3-4-24(30(27)39-26)25-19-23(20-29(36)32-25)35-14-16-37-17-15-35/h3-7,18-21,31H,8-17H2,1-2H3,(H,32,36). The average molecular weight is 564 g/mol. The van der Waals surface area contributed by atoms with Crippen LogP contribution >= 0.6 is 23.5 Å². The number of anilines is 2. The molecule has 0 saturated carbocycles. The molecule has 206 valence electrons. The summed E-state index contributed by atoms with van der Waals surface area (Å²) in [6, 6.07) is 17.5. The van der Waals surface area contributed by atoms with Crippen LogP contribution in [-0.4, -0.2) is 87.4 Å². The molecule has 4 heterocycles. The molecule has 6 rings (SSSR count). The van der Waals surface area contributed by atoms with Gasteiger partial charge in [-0.05, 0) is 57.3 Å². The molecule has 39 heavy (non-hydrogen) atoms. The number of piperidine rings is 1. The Morgan fingerprint density at radius 1 is 0.974 bits per heavy atom. The van der Waals surface area contributed by atoms with Crippen LogP contribution in [0.25, 0.3) is 11.3 Å². The maximum absolute atomic E-state index is 12.6. The Morgan fingerprint density at radius 3 is 2.59 bits per heavy atom. The molecule has 0 radical (unpaired) electrons. The summed E-state index contributed by atoms with van der Waals surface area (Å²) in [7, 11) is 4.29. The van der Waals surface area contributed by atoms with Crippen molar-refractivity contribution in [3.8, 4) is 11.3 Å². The first-order chi connectivity index (χ1) is 19.0. The number of aromatic amines is 1. The summed E-state index contributed by atoms with van der Waals surface area (Å²) >= 11 is 3.62. The van der Waals surface area contributed by atoms with Gasteiger partial charge in [-0.25, -0.2) is 0 Å². The zero-order valence-corrected chi connectivity index (χ0v) is 24.4. The van der Waals surface area contributed by atoms with Gasteiger partial charge in [0.25, 0.3) is 0 Å². The normalized spacial score (nSPS) is 18.2. The summed E-state index contributed by atoms with van der Waals surface area (Å²) in [5.74, 6) is 0. The molecule has 2 N–H and O–H groups in total. The Balaban J connectivity index is 1.17. The zero-order chi connectivity index (χ0) is 26.8. The second kappa shape index (κ2) is 12.0. The number of ether oxygens (including phenoxy) is 1. The van der Waals surface area contributed by atoms with Gasteiger partial charge >= 0.3 is 0 Å². The second-order valence-corrected chi connectivity index (χ2v) is 12.9. The van der Waals surface area contributed by atoms with Gasteiger partial charge in [-0.15, -0.1) is 0 Å². The highest BCUT2D eigenvalue weighted by molar-refractivity contribution is 8.05. The molecular weight excluding hydrogens is 526 g/mol. The number of morpholine rings is 1. The molecule has 1 aromatic heterocycles.